The second-order valence-electron chi connectivity index (χ2n) is 6.51. The zero-order chi connectivity index (χ0) is 15.5. The highest BCUT2D eigenvalue weighted by atomic mass is 16.2. The molecule has 1 saturated carbocycles. The molecule has 1 saturated heterocycles. The van der Waals surface area contributed by atoms with Gasteiger partial charge in [-0.25, -0.2) is 0 Å². The van der Waals surface area contributed by atoms with Crippen LogP contribution in [0.3, 0.4) is 0 Å². The average Bonchev–Trinajstić information content (AvgIpc) is 2.53. The number of nitrogens with zero attached hydrogens (tertiary/aromatic N) is 1. The van der Waals surface area contributed by atoms with Crippen molar-refractivity contribution in [3.63, 3.8) is 0 Å². The van der Waals surface area contributed by atoms with Crippen molar-refractivity contribution in [2.75, 3.05) is 11.9 Å². The fourth-order valence-corrected chi connectivity index (χ4v) is 3.98. The monoisotopic (exact) mass is 300 g/mol. The second kappa shape index (κ2) is 6.51. The summed E-state index contributed by atoms with van der Waals surface area (Å²) in [7, 11) is 0. The molecule has 22 heavy (non-hydrogen) atoms. The number of carbonyl (C=O) groups excluding carboxylic acids is 2. The van der Waals surface area contributed by atoms with Crippen molar-refractivity contribution in [2.45, 2.75) is 51.5 Å². The van der Waals surface area contributed by atoms with Gasteiger partial charge < -0.3 is 10.2 Å². The van der Waals surface area contributed by atoms with Crippen molar-refractivity contribution in [1.82, 2.24) is 4.90 Å². The van der Waals surface area contributed by atoms with E-state index in [4.69, 9.17) is 0 Å². The van der Waals surface area contributed by atoms with Gasteiger partial charge in [0.25, 0.3) is 5.91 Å². The van der Waals surface area contributed by atoms with E-state index >= 15 is 0 Å². The number of nitrogens with one attached hydrogen (secondary N) is 1. The van der Waals surface area contributed by atoms with E-state index in [2.05, 4.69) is 10.2 Å². The van der Waals surface area contributed by atoms with Gasteiger partial charge in [0.05, 0.1) is 0 Å². The molecule has 0 radical (unpaired) electrons. The van der Waals surface area contributed by atoms with Gasteiger partial charge >= 0.3 is 0 Å². The average molecular weight is 300 g/mol. The summed E-state index contributed by atoms with van der Waals surface area (Å²) in [5.41, 5.74) is 1.37. The highest BCUT2D eigenvalue weighted by Gasteiger charge is 2.35. The number of fused-ring (bicyclic) bond motifs is 1. The maximum absolute atomic E-state index is 12.9. The van der Waals surface area contributed by atoms with Crippen molar-refractivity contribution in [1.29, 1.82) is 0 Å². The Bertz CT molecular complexity index is 568. The molecule has 0 aromatic heterocycles. The van der Waals surface area contributed by atoms with Crippen molar-refractivity contribution >= 4 is 17.5 Å². The first kappa shape index (κ1) is 15.1. The third-order valence-corrected chi connectivity index (χ3v) is 4.93. The van der Waals surface area contributed by atoms with Crippen LogP contribution in [-0.2, 0) is 4.79 Å². The standard InChI is InChI=1S/C18H24N2O2/c1-13(21)19-16-9-4-7-15(12-16)18(22)20-11-5-8-14-6-2-3-10-17(14)20/h4,7,9,12,14,17H,2-3,5-6,8,10-11H2,1H3,(H,19,21). The molecule has 1 aromatic carbocycles. The largest absolute Gasteiger partial charge is 0.335 e. The number of likely N-dealkylation sites (tertiary alicyclic amines) is 1. The Morgan fingerprint density at radius 1 is 1.14 bits per heavy atom. The molecule has 2 fully saturated rings. The van der Waals surface area contributed by atoms with Crippen LogP contribution in [0, 0.1) is 5.92 Å². The molecule has 2 aliphatic rings. The fourth-order valence-electron chi connectivity index (χ4n) is 3.98. The summed E-state index contributed by atoms with van der Waals surface area (Å²) in [5.74, 6) is 0.684. The minimum absolute atomic E-state index is 0.115. The Labute approximate surface area is 131 Å². The number of hydrogen-bond donors (Lipinski definition) is 1. The van der Waals surface area contributed by atoms with Crippen molar-refractivity contribution < 1.29 is 9.59 Å². The molecule has 4 nitrogen and oxygen atoms in total. The first-order valence-corrected chi connectivity index (χ1v) is 8.34. The molecule has 3 rings (SSSR count). The highest BCUT2D eigenvalue weighted by Crippen LogP contribution is 2.36. The van der Waals surface area contributed by atoms with Crippen LogP contribution in [0.15, 0.2) is 24.3 Å². The summed E-state index contributed by atoms with van der Waals surface area (Å²) in [6.45, 7) is 2.34. The number of anilines is 1. The summed E-state index contributed by atoms with van der Waals surface area (Å²) in [4.78, 5) is 26.2. The molecule has 1 N–H and O–H groups in total. The van der Waals surface area contributed by atoms with Crippen LogP contribution >= 0.6 is 0 Å². The third-order valence-electron chi connectivity index (χ3n) is 4.93. The SMILES string of the molecule is CC(=O)Nc1cccc(C(=O)N2CCCC3CCCCC32)c1. The maximum atomic E-state index is 12.9. The van der Waals surface area contributed by atoms with E-state index in [1.54, 1.807) is 6.07 Å². The quantitative estimate of drug-likeness (QED) is 0.909. The van der Waals surface area contributed by atoms with Crippen LogP contribution < -0.4 is 5.32 Å². The molecule has 118 valence electrons. The molecule has 2 unspecified atom stereocenters. The molecule has 0 bridgehead atoms. The van der Waals surface area contributed by atoms with Gasteiger partial charge in [-0.05, 0) is 49.8 Å². The molecule has 2 amide bonds. The summed E-state index contributed by atoms with van der Waals surface area (Å²) >= 11 is 0. The zero-order valence-corrected chi connectivity index (χ0v) is 13.2. The fraction of sp³-hybridized carbons (Fsp3) is 0.556. The van der Waals surface area contributed by atoms with Gasteiger partial charge in [-0.3, -0.25) is 9.59 Å². The number of rotatable bonds is 2. The van der Waals surface area contributed by atoms with Crippen molar-refractivity contribution in [3.05, 3.63) is 29.8 Å². The molecule has 1 aromatic rings. The molecule has 1 heterocycles. The van der Waals surface area contributed by atoms with Gasteiger partial charge in [-0.1, -0.05) is 18.9 Å². The predicted octanol–water partition coefficient (Wildman–Crippen LogP) is 3.44. The molecule has 1 aliphatic heterocycles. The Kier molecular flexibility index (Phi) is 4.46. The van der Waals surface area contributed by atoms with Crippen LogP contribution in [-0.4, -0.2) is 29.3 Å². The second-order valence-corrected chi connectivity index (χ2v) is 6.51. The summed E-state index contributed by atoms with van der Waals surface area (Å²) in [6, 6.07) is 7.70. The van der Waals surface area contributed by atoms with E-state index in [1.165, 1.54) is 32.6 Å². The van der Waals surface area contributed by atoms with E-state index in [0.717, 1.165) is 19.4 Å². The number of carbonyl (C=O) groups is 2. The molecule has 1 aliphatic carbocycles. The maximum Gasteiger partial charge on any atom is 0.254 e. The lowest BCUT2D eigenvalue weighted by Crippen LogP contribution is -2.49. The molecule has 0 spiro atoms. The number of benzene rings is 1. The Balaban J connectivity index is 1.79. The lowest BCUT2D eigenvalue weighted by Gasteiger charge is -2.44. The lowest BCUT2D eigenvalue weighted by atomic mass is 9.78. The predicted molar refractivity (Wildman–Crippen MR) is 86.8 cm³/mol. The summed E-state index contributed by atoms with van der Waals surface area (Å²) in [5, 5.41) is 2.75. The number of piperidine rings is 1. The first-order valence-electron chi connectivity index (χ1n) is 8.34. The van der Waals surface area contributed by atoms with Crippen LogP contribution in [0.4, 0.5) is 5.69 Å². The lowest BCUT2D eigenvalue weighted by molar-refractivity contribution is -0.114. The Morgan fingerprint density at radius 3 is 2.73 bits per heavy atom. The van der Waals surface area contributed by atoms with Crippen LogP contribution in [0.25, 0.3) is 0 Å². The zero-order valence-electron chi connectivity index (χ0n) is 13.2. The highest BCUT2D eigenvalue weighted by molar-refractivity contribution is 5.97. The topological polar surface area (TPSA) is 49.4 Å². The van der Waals surface area contributed by atoms with Crippen LogP contribution in [0.2, 0.25) is 0 Å². The Hall–Kier alpha value is -1.84. The smallest absolute Gasteiger partial charge is 0.254 e. The van der Waals surface area contributed by atoms with E-state index in [0.29, 0.717) is 23.2 Å². The van der Waals surface area contributed by atoms with Crippen LogP contribution in [0.5, 0.6) is 0 Å². The van der Waals surface area contributed by atoms with Crippen molar-refractivity contribution in [2.24, 2.45) is 5.92 Å². The van der Waals surface area contributed by atoms with Crippen LogP contribution in [0.1, 0.15) is 55.8 Å². The molecule has 2 atom stereocenters. The van der Waals surface area contributed by atoms with Gasteiger partial charge in [0, 0.05) is 30.8 Å². The van der Waals surface area contributed by atoms with E-state index in [-0.39, 0.29) is 11.8 Å². The first-order chi connectivity index (χ1) is 10.6. The van der Waals surface area contributed by atoms with Gasteiger partial charge in [0.1, 0.15) is 0 Å². The molecular weight excluding hydrogens is 276 g/mol. The van der Waals surface area contributed by atoms with Gasteiger partial charge in [0.15, 0.2) is 0 Å². The summed E-state index contributed by atoms with van der Waals surface area (Å²) in [6.07, 6.45) is 7.32. The molecular formula is C18H24N2O2. The number of amides is 2. The van der Waals surface area contributed by atoms with Gasteiger partial charge in [-0.2, -0.15) is 0 Å². The summed E-state index contributed by atoms with van der Waals surface area (Å²) < 4.78 is 0. The normalized spacial score (nSPS) is 24.5. The van der Waals surface area contributed by atoms with E-state index in [1.807, 2.05) is 18.2 Å². The molecule has 4 heteroatoms. The third kappa shape index (κ3) is 3.16. The van der Waals surface area contributed by atoms with E-state index in [9.17, 15) is 9.59 Å². The minimum Gasteiger partial charge on any atom is -0.335 e. The minimum atomic E-state index is -0.116. The number of hydrogen-bond acceptors (Lipinski definition) is 2. The Morgan fingerprint density at radius 2 is 1.91 bits per heavy atom. The van der Waals surface area contributed by atoms with Gasteiger partial charge in [-0.15, -0.1) is 0 Å². The van der Waals surface area contributed by atoms with Gasteiger partial charge in [0.2, 0.25) is 5.91 Å². The van der Waals surface area contributed by atoms with Crippen molar-refractivity contribution in [3.8, 4) is 0 Å². The van der Waals surface area contributed by atoms with E-state index < -0.39 is 0 Å².